The second-order valence-corrected chi connectivity index (χ2v) is 7.27. The first-order chi connectivity index (χ1) is 11.0. The van der Waals surface area contributed by atoms with Crippen molar-refractivity contribution >= 4 is 16.0 Å². The van der Waals surface area contributed by atoms with Gasteiger partial charge in [-0.2, -0.15) is 4.31 Å². The normalized spacial score (nSPS) is 19.0. The molecule has 11 heteroatoms. The molecule has 1 heterocycles. The van der Waals surface area contributed by atoms with E-state index in [1.165, 1.54) is 12.1 Å². The molecule has 7 nitrogen and oxygen atoms in total. The number of hydrogen-bond donors (Lipinski definition) is 2. The molecule has 0 unspecified atom stereocenters. The molecular weight excluding hydrogens is 353 g/mol. The molecule has 1 fully saturated rings. The van der Waals surface area contributed by atoms with Gasteiger partial charge in [-0.3, -0.25) is 4.79 Å². The first kappa shape index (κ1) is 18.5. The third kappa shape index (κ3) is 3.79. The highest BCUT2D eigenvalue weighted by atomic mass is 32.2. The van der Waals surface area contributed by atoms with E-state index >= 15 is 0 Å². The van der Waals surface area contributed by atoms with E-state index in [1.807, 2.05) is 0 Å². The van der Waals surface area contributed by atoms with Crippen LogP contribution in [-0.2, 0) is 14.8 Å². The van der Waals surface area contributed by atoms with Gasteiger partial charge in [0.2, 0.25) is 10.0 Å². The second kappa shape index (κ2) is 6.22. The number of ether oxygens (including phenoxy) is 1. The maximum Gasteiger partial charge on any atom is 0.573 e. The average molecular weight is 368 g/mol. The van der Waals surface area contributed by atoms with Crippen molar-refractivity contribution in [3.8, 4) is 5.75 Å². The molecule has 0 bridgehead atoms. The molecule has 3 N–H and O–H groups in total. The van der Waals surface area contributed by atoms with Crippen molar-refractivity contribution in [3.63, 3.8) is 0 Å². The standard InChI is InChI=1S/C13H15F3N2O5S/c14-13(15,16)23-9-3-1-2-4-10(9)24(21,22)18-7-5-12(17,6-8-18)11(19)20/h1-4H,5-8,17H2,(H,19,20). The van der Waals surface area contributed by atoms with Crippen LogP contribution in [-0.4, -0.2) is 48.8 Å². The van der Waals surface area contributed by atoms with Gasteiger partial charge in [-0.05, 0) is 25.0 Å². The minimum absolute atomic E-state index is 0.149. The molecule has 0 spiro atoms. The predicted molar refractivity (Wildman–Crippen MR) is 75.7 cm³/mol. The lowest BCUT2D eigenvalue weighted by atomic mass is 9.90. The van der Waals surface area contributed by atoms with Gasteiger partial charge < -0.3 is 15.6 Å². The number of alkyl halides is 3. The molecule has 134 valence electrons. The highest BCUT2D eigenvalue weighted by molar-refractivity contribution is 7.89. The Bertz CT molecular complexity index is 727. The van der Waals surface area contributed by atoms with Crippen molar-refractivity contribution in [1.82, 2.24) is 4.31 Å². The van der Waals surface area contributed by atoms with Crippen molar-refractivity contribution in [1.29, 1.82) is 0 Å². The predicted octanol–water partition coefficient (Wildman–Crippen LogP) is 1.15. The van der Waals surface area contributed by atoms with Crippen LogP contribution in [0.15, 0.2) is 29.2 Å². The van der Waals surface area contributed by atoms with Crippen molar-refractivity contribution in [2.24, 2.45) is 5.73 Å². The van der Waals surface area contributed by atoms with E-state index in [0.717, 1.165) is 16.4 Å². The largest absolute Gasteiger partial charge is 0.573 e. The number of piperidine rings is 1. The van der Waals surface area contributed by atoms with Gasteiger partial charge in [0, 0.05) is 13.1 Å². The number of carboxylic acids is 1. The molecule has 2 rings (SSSR count). The molecule has 24 heavy (non-hydrogen) atoms. The summed E-state index contributed by atoms with van der Waals surface area (Å²) in [5.41, 5.74) is 4.12. The van der Waals surface area contributed by atoms with E-state index in [1.54, 1.807) is 0 Å². The fourth-order valence-corrected chi connectivity index (χ4v) is 3.91. The van der Waals surface area contributed by atoms with Crippen LogP contribution in [0.2, 0.25) is 0 Å². The first-order valence-electron chi connectivity index (χ1n) is 6.83. The molecular formula is C13H15F3N2O5S. The Hall–Kier alpha value is -1.85. The number of nitrogens with two attached hydrogens (primary N) is 1. The van der Waals surface area contributed by atoms with Crippen molar-refractivity contribution in [2.45, 2.75) is 29.6 Å². The summed E-state index contributed by atoms with van der Waals surface area (Å²) < 4.78 is 67.1. The Balaban J connectivity index is 2.28. The van der Waals surface area contributed by atoms with Crippen LogP contribution in [0.4, 0.5) is 13.2 Å². The summed E-state index contributed by atoms with van der Waals surface area (Å²) in [6.07, 6.45) is -5.34. The van der Waals surface area contributed by atoms with Crippen molar-refractivity contribution < 1.29 is 36.2 Å². The van der Waals surface area contributed by atoms with Crippen LogP contribution in [0.3, 0.4) is 0 Å². The lowest BCUT2D eigenvalue weighted by molar-refractivity contribution is -0.275. The van der Waals surface area contributed by atoms with Gasteiger partial charge in [0.05, 0.1) is 0 Å². The van der Waals surface area contributed by atoms with Crippen LogP contribution in [0.5, 0.6) is 5.75 Å². The second-order valence-electron chi connectivity index (χ2n) is 5.36. The number of benzene rings is 1. The summed E-state index contributed by atoms with van der Waals surface area (Å²) in [5.74, 6) is -2.09. The zero-order valence-corrected chi connectivity index (χ0v) is 13.1. The Kier molecular flexibility index (Phi) is 4.79. The van der Waals surface area contributed by atoms with Crippen LogP contribution >= 0.6 is 0 Å². The summed E-state index contributed by atoms with van der Waals surface area (Å²) >= 11 is 0. The molecule has 0 atom stereocenters. The molecule has 1 aromatic carbocycles. The minimum Gasteiger partial charge on any atom is -0.480 e. The Morgan fingerprint density at radius 2 is 1.79 bits per heavy atom. The lowest BCUT2D eigenvalue weighted by Gasteiger charge is -2.35. The summed E-state index contributed by atoms with van der Waals surface area (Å²) in [4.78, 5) is 10.4. The molecule has 1 aromatic rings. The highest BCUT2D eigenvalue weighted by Gasteiger charge is 2.42. The summed E-state index contributed by atoms with van der Waals surface area (Å²) in [7, 11) is -4.28. The summed E-state index contributed by atoms with van der Waals surface area (Å²) in [5, 5.41) is 9.04. The van der Waals surface area contributed by atoms with Gasteiger partial charge in [0.25, 0.3) is 0 Å². The molecule has 0 aliphatic carbocycles. The van der Waals surface area contributed by atoms with Crippen LogP contribution in [0.1, 0.15) is 12.8 Å². The van der Waals surface area contributed by atoms with Crippen LogP contribution < -0.4 is 10.5 Å². The number of hydrogen-bond acceptors (Lipinski definition) is 5. The third-order valence-electron chi connectivity index (χ3n) is 3.73. The fourth-order valence-electron chi connectivity index (χ4n) is 2.35. The van der Waals surface area contributed by atoms with Gasteiger partial charge in [0.15, 0.2) is 0 Å². The Morgan fingerprint density at radius 1 is 1.25 bits per heavy atom. The van der Waals surface area contributed by atoms with E-state index in [4.69, 9.17) is 10.8 Å². The van der Waals surface area contributed by atoms with E-state index in [0.29, 0.717) is 0 Å². The van der Waals surface area contributed by atoms with E-state index in [2.05, 4.69) is 4.74 Å². The molecule has 1 aliphatic heterocycles. The zero-order chi connectivity index (χ0) is 18.2. The number of sulfonamides is 1. The third-order valence-corrected chi connectivity index (χ3v) is 5.67. The summed E-state index contributed by atoms with van der Waals surface area (Å²) in [6.45, 7) is -0.434. The maximum atomic E-state index is 12.6. The Morgan fingerprint density at radius 3 is 2.29 bits per heavy atom. The molecule has 1 aliphatic rings. The number of aliphatic carboxylic acids is 1. The zero-order valence-electron chi connectivity index (χ0n) is 12.3. The summed E-state index contributed by atoms with van der Waals surface area (Å²) in [6, 6.07) is 4.38. The minimum atomic E-state index is -5.04. The lowest BCUT2D eigenvalue weighted by Crippen LogP contribution is -2.56. The smallest absolute Gasteiger partial charge is 0.480 e. The highest BCUT2D eigenvalue weighted by Crippen LogP contribution is 2.33. The molecule has 0 radical (unpaired) electrons. The first-order valence-corrected chi connectivity index (χ1v) is 8.27. The number of carbonyl (C=O) groups is 1. The quantitative estimate of drug-likeness (QED) is 0.825. The van der Waals surface area contributed by atoms with Gasteiger partial charge in [-0.15, -0.1) is 13.2 Å². The number of rotatable bonds is 4. The number of carboxylic acid groups (broad SMARTS) is 1. The topological polar surface area (TPSA) is 110 Å². The van der Waals surface area contributed by atoms with Crippen molar-refractivity contribution in [2.75, 3.05) is 13.1 Å². The fraction of sp³-hybridized carbons (Fsp3) is 0.462. The maximum absolute atomic E-state index is 12.6. The van der Waals surface area contributed by atoms with Gasteiger partial charge >= 0.3 is 12.3 Å². The Labute approximate surface area is 135 Å². The van der Waals surface area contributed by atoms with Gasteiger partial charge in [0.1, 0.15) is 16.2 Å². The number of para-hydroxylation sites is 1. The van der Waals surface area contributed by atoms with E-state index < -0.39 is 38.5 Å². The van der Waals surface area contributed by atoms with Gasteiger partial charge in [-0.25, -0.2) is 8.42 Å². The molecule has 0 aromatic heterocycles. The van der Waals surface area contributed by atoms with Gasteiger partial charge in [-0.1, -0.05) is 12.1 Å². The molecule has 0 saturated carbocycles. The van der Waals surface area contributed by atoms with Crippen LogP contribution in [0, 0.1) is 0 Å². The molecule has 1 saturated heterocycles. The molecule has 0 amide bonds. The monoisotopic (exact) mass is 368 g/mol. The van der Waals surface area contributed by atoms with Crippen molar-refractivity contribution in [3.05, 3.63) is 24.3 Å². The van der Waals surface area contributed by atoms with E-state index in [-0.39, 0.29) is 25.9 Å². The average Bonchev–Trinajstić information content (AvgIpc) is 2.46. The van der Waals surface area contributed by atoms with E-state index in [9.17, 15) is 26.4 Å². The SMILES string of the molecule is NC1(C(=O)O)CCN(S(=O)(=O)c2ccccc2OC(F)(F)F)CC1. The number of nitrogens with zero attached hydrogens (tertiary/aromatic N) is 1. The van der Waals surface area contributed by atoms with Crippen LogP contribution in [0.25, 0.3) is 0 Å². The number of halogens is 3.